The maximum absolute atomic E-state index is 5.25. The molecular formula is C10H8O. The first-order valence-electron chi connectivity index (χ1n) is 3.49. The molecule has 0 bridgehead atoms. The quantitative estimate of drug-likeness (QED) is 0.543. The minimum absolute atomic E-state index is 0.889. The maximum Gasteiger partial charge on any atom is 0.134 e. The minimum atomic E-state index is 0.889. The molecule has 0 saturated carbocycles. The van der Waals surface area contributed by atoms with Crippen LogP contribution in [0, 0.1) is 0 Å². The Hall–Kier alpha value is -1.50. The number of benzene rings is 1. The number of hydrogen-bond acceptors (Lipinski definition) is 1. The van der Waals surface area contributed by atoms with Crippen LogP contribution in [0.3, 0.4) is 0 Å². The Morgan fingerprint density at radius 3 is 2.82 bits per heavy atom. The first-order valence-corrected chi connectivity index (χ1v) is 3.49. The van der Waals surface area contributed by atoms with Crippen LogP contribution in [0.1, 0.15) is 5.56 Å². The third kappa shape index (κ3) is 0.944. The van der Waals surface area contributed by atoms with Crippen LogP contribution >= 0.6 is 0 Å². The second kappa shape index (κ2) is 2.27. The zero-order chi connectivity index (χ0) is 7.68. The topological polar surface area (TPSA) is 9.23 Å². The summed E-state index contributed by atoms with van der Waals surface area (Å²) >= 11 is 0. The molecule has 0 aliphatic carbocycles. The van der Waals surface area contributed by atoms with Crippen LogP contribution in [0.4, 0.5) is 0 Å². The maximum atomic E-state index is 5.25. The predicted molar refractivity (Wildman–Crippen MR) is 45.2 cm³/mol. The normalized spacial score (nSPS) is 14.0. The molecule has 1 aliphatic rings. The Morgan fingerprint density at radius 2 is 2.00 bits per heavy atom. The van der Waals surface area contributed by atoms with Gasteiger partial charge >= 0.3 is 0 Å². The van der Waals surface area contributed by atoms with Crippen LogP contribution in [0.5, 0.6) is 5.75 Å². The fourth-order valence-corrected chi connectivity index (χ4v) is 1.11. The standard InChI is InChI=1S/C10H8O/c1-8-6-7-11-10-5-3-2-4-9(8)10/h2-7H,1H2. The molecule has 1 aliphatic heterocycles. The van der Waals surface area contributed by atoms with Crippen molar-refractivity contribution in [1.82, 2.24) is 0 Å². The van der Waals surface area contributed by atoms with Gasteiger partial charge in [-0.2, -0.15) is 0 Å². The van der Waals surface area contributed by atoms with Crippen molar-refractivity contribution in [2.45, 2.75) is 0 Å². The van der Waals surface area contributed by atoms with Crippen molar-refractivity contribution in [3.63, 3.8) is 0 Å². The molecule has 11 heavy (non-hydrogen) atoms. The van der Waals surface area contributed by atoms with Crippen LogP contribution in [0.2, 0.25) is 0 Å². The fourth-order valence-electron chi connectivity index (χ4n) is 1.11. The third-order valence-corrected chi connectivity index (χ3v) is 1.70. The average Bonchev–Trinajstić information content (AvgIpc) is 2.06. The highest BCUT2D eigenvalue weighted by Crippen LogP contribution is 2.28. The van der Waals surface area contributed by atoms with E-state index in [9.17, 15) is 0 Å². The van der Waals surface area contributed by atoms with E-state index in [4.69, 9.17) is 4.74 Å². The number of rotatable bonds is 0. The summed E-state index contributed by atoms with van der Waals surface area (Å²) in [5.74, 6) is 0.889. The zero-order valence-electron chi connectivity index (χ0n) is 6.08. The van der Waals surface area contributed by atoms with Crippen molar-refractivity contribution in [2.75, 3.05) is 0 Å². The Labute approximate surface area is 65.6 Å². The first-order chi connectivity index (χ1) is 5.38. The van der Waals surface area contributed by atoms with E-state index in [0.29, 0.717) is 0 Å². The first kappa shape index (κ1) is 6.23. The van der Waals surface area contributed by atoms with E-state index in [-0.39, 0.29) is 0 Å². The summed E-state index contributed by atoms with van der Waals surface area (Å²) < 4.78 is 5.25. The van der Waals surface area contributed by atoms with Gasteiger partial charge in [0, 0.05) is 5.56 Å². The number of ether oxygens (including phenoxy) is 1. The summed E-state index contributed by atoms with van der Waals surface area (Å²) in [6, 6.07) is 7.86. The summed E-state index contributed by atoms with van der Waals surface area (Å²) in [7, 11) is 0. The lowest BCUT2D eigenvalue weighted by Crippen LogP contribution is -1.93. The Bertz CT molecular complexity index is 323. The van der Waals surface area contributed by atoms with E-state index >= 15 is 0 Å². The molecule has 0 atom stereocenters. The molecule has 0 saturated heterocycles. The molecule has 0 fully saturated rings. The highest BCUT2D eigenvalue weighted by Gasteiger charge is 2.06. The van der Waals surface area contributed by atoms with Gasteiger partial charge in [0.2, 0.25) is 0 Å². The van der Waals surface area contributed by atoms with Gasteiger partial charge in [-0.25, -0.2) is 0 Å². The number of hydrogen-bond donors (Lipinski definition) is 0. The van der Waals surface area contributed by atoms with Gasteiger partial charge in [-0.15, -0.1) is 0 Å². The van der Waals surface area contributed by atoms with Gasteiger partial charge in [0.25, 0.3) is 0 Å². The molecule has 1 nitrogen and oxygen atoms in total. The van der Waals surface area contributed by atoms with Crippen LogP contribution in [0.15, 0.2) is 43.2 Å². The van der Waals surface area contributed by atoms with E-state index in [1.54, 1.807) is 6.26 Å². The van der Waals surface area contributed by atoms with Crippen molar-refractivity contribution in [3.05, 3.63) is 48.7 Å². The van der Waals surface area contributed by atoms with E-state index in [1.165, 1.54) is 0 Å². The second-order valence-corrected chi connectivity index (χ2v) is 2.44. The van der Waals surface area contributed by atoms with Crippen molar-refractivity contribution in [1.29, 1.82) is 0 Å². The molecule has 1 heteroatoms. The lowest BCUT2D eigenvalue weighted by molar-refractivity contribution is 0.476. The second-order valence-electron chi connectivity index (χ2n) is 2.44. The predicted octanol–water partition coefficient (Wildman–Crippen LogP) is 2.61. The molecule has 0 amide bonds. The van der Waals surface area contributed by atoms with Gasteiger partial charge in [-0.3, -0.25) is 0 Å². The zero-order valence-corrected chi connectivity index (χ0v) is 6.08. The van der Waals surface area contributed by atoms with Crippen LogP contribution in [0.25, 0.3) is 5.57 Å². The Morgan fingerprint density at radius 1 is 1.18 bits per heavy atom. The van der Waals surface area contributed by atoms with E-state index in [1.807, 2.05) is 30.3 Å². The number of para-hydroxylation sites is 1. The van der Waals surface area contributed by atoms with Crippen molar-refractivity contribution < 1.29 is 4.74 Å². The summed E-state index contributed by atoms with van der Waals surface area (Å²) in [6.45, 7) is 3.89. The van der Waals surface area contributed by atoms with Crippen molar-refractivity contribution in [2.24, 2.45) is 0 Å². The highest BCUT2D eigenvalue weighted by atomic mass is 16.5. The minimum Gasteiger partial charge on any atom is -0.464 e. The van der Waals surface area contributed by atoms with Crippen LogP contribution in [-0.4, -0.2) is 0 Å². The van der Waals surface area contributed by atoms with Gasteiger partial charge in [0.15, 0.2) is 0 Å². The third-order valence-electron chi connectivity index (χ3n) is 1.70. The molecule has 0 spiro atoms. The Balaban J connectivity index is 2.59. The lowest BCUT2D eigenvalue weighted by atomic mass is 10.1. The van der Waals surface area contributed by atoms with E-state index in [0.717, 1.165) is 16.9 Å². The summed E-state index contributed by atoms with van der Waals surface area (Å²) in [5.41, 5.74) is 2.09. The van der Waals surface area contributed by atoms with Crippen LogP contribution in [-0.2, 0) is 0 Å². The molecule has 0 aromatic heterocycles. The molecule has 0 radical (unpaired) electrons. The molecular weight excluding hydrogens is 136 g/mol. The highest BCUT2D eigenvalue weighted by molar-refractivity contribution is 5.77. The van der Waals surface area contributed by atoms with Gasteiger partial charge in [-0.1, -0.05) is 24.8 Å². The van der Waals surface area contributed by atoms with Crippen LogP contribution < -0.4 is 4.74 Å². The van der Waals surface area contributed by atoms with Gasteiger partial charge in [-0.05, 0) is 17.7 Å². The van der Waals surface area contributed by atoms with Crippen molar-refractivity contribution >= 4 is 5.57 Å². The molecule has 1 aromatic carbocycles. The lowest BCUT2D eigenvalue weighted by Gasteiger charge is -2.12. The number of fused-ring (bicyclic) bond motifs is 1. The fraction of sp³-hybridized carbons (Fsp3) is 0. The average molecular weight is 144 g/mol. The number of allylic oxidation sites excluding steroid dienone is 2. The molecule has 54 valence electrons. The van der Waals surface area contributed by atoms with Gasteiger partial charge in [0.05, 0.1) is 6.26 Å². The summed E-state index contributed by atoms with van der Waals surface area (Å²) in [4.78, 5) is 0. The largest absolute Gasteiger partial charge is 0.464 e. The summed E-state index contributed by atoms with van der Waals surface area (Å²) in [6.07, 6.45) is 3.52. The molecule has 1 heterocycles. The molecule has 2 rings (SSSR count). The summed E-state index contributed by atoms with van der Waals surface area (Å²) in [5, 5.41) is 0. The Kier molecular flexibility index (Phi) is 1.29. The van der Waals surface area contributed by atoms with Crippen molar-refractivity contribution in [3.8, 4) is 5.75 Å². The van der Waals surface area contributed by atoms with Gasteiger partial charge < -0.3 is 4.74 Å². The molecule has 0 unspecified atom stereocenters. The smallest absolute Gasteiger partial charge is 0.134 e. The molecule has 0 N–H and O–H groups in total. The van der Waals surface area contributed by atoms with Gasteiger partial charge in [0.1, 0.15) is 5.75 Å². The molecule has 1 aromatic rings. The monoisotopic (exact) mass is 144 g/mol. The SMILES string of the molecule is C=C1C=COc2ccccc21. The van der Waals surface area contributed by atoms with E-state index < -0.39 is 0 Å². The van der Waals surface area contributed by atoms with E-state index in [2.05, 4.69) is 6.58 Å².